The van der Waals surface area contributed by atoms with E-state index >= 15 is 0 Å². The maximum atomic E-state index is 13.0. The Kier molecular flexibility index (Phi) is 9.16. The van der Waals surface area contributed by atoms with E-state index in [2.05, 4.69) is 22.1 Å². The molecular formula is C24H22N5NaO5S2. The molecule has 13 heteroatoms. The molecule has 0 bridgehead atoms. The average molecular weight is 548 g/mol. The van der Waals surface area contributed by atoms with Gasteiger partial charge in [0.15, 0.2) is 15.4 Å². The minimum Gasteiger partial charge on any atom is -0.548 e. The van der Waals surface area contributed by atoms with E-state index < -0.39 is 12.0 Å². The number of methoxy groups -OCH3 is 2. The molecule has 3 N–H and O–H groups in total. The van der Waals surface area contributed by atoms with Gasteiger partial charge in [-0.1, -0.05) is 12.6 Å². The summed E-state index contributed by atoms with van der Waals surface area (Å²) in [6, 6.07) is 11.0. The Labute approximate surface area is 244 Å². The number of allylic oxidation sites excluding steroid dienone is 1. The first-order chi connectivity index (χ1) is 17.2. The molecule has 1 aliphatic rings. The number of hydrogen-bond acceptors (Lipinski definition) is 8. The van der Waals surface area contributed by atoms with Crippen LogP contribution in [0.15, 0.2) is 66.8 Å². The first-order valence-corrected chi connectivity index (χ1v) is 11.5. The van der Waals surface area contributed by atoms with Crippen molar-refractivity contribution in [1.29, 1.82) is 0 Å². The molecule has 1 aliphatic heterocycles. The van der Waals surface area contributed by atoms with Crippen LogP contribution in [0.2, 0.25) is 0 Å². The zero-order chi connectivity index (χ0) is 26.0. The Morgan fingerprint density at radius 1 is 1.14 bits per heavy atom. The second-order valence-electron chi connectivity index (χ2n) is 7.81. The zero-order valence-corrected chi connectivity index (χ0v) is 24.0. The normalized spacial score (nSPS) is 14.4. The topological polar surface area (TPSA) is 127 Å². The second kappa shape index (κ2) is 11.9. The van der Waals surface area contributed by atoms with Crippen LogP contribution in [0.3, 0.4) is 0 Å². The van der Waals surface area contributed by atoms with Crippen LogP contribution in [0, 0.1) is 9.54 Å². The maximum absolute atomic E-state index is 13.0. The van der Waals surface area contributed by atoms with Crippen molar-refractivity contribution < 1.29 is 53.7 Å². The Hall–Kier alpha value is -3.16. The zero-order valence-electron chi connectivity index (χ0n) is 20.4. The molecule has 0 fully saturated rings. The van der Waals surface area contributed by atoms with Crippen molar-refractivity contribution in [3.8, 4) is 5.69 Å². The summed E-state index contributed by atoms with van der Waals surface area (Å²) in [6.07, 6.45) is 1.61. The summed E-state index contributed by atoms with van der Waals surface area (Å²) < 4.78 is 12.9. The van der Waals surface area contributed by atoms with Crippen molar-refractivity contribution in [3.05, 3.63) is 87.4 Å². The molecule has 37 heavy (non-hydrogen) atoms. The van der Waals surface area contributed by atoms with Crippen LogP contribution in [-0.4, -0.2) is 46.9 Å². The van der Waals surface area contributed by atoms with E-state index in [0.717, 1.165) is 0 Å². The molecule has 10 nitrogen and oxygen atoms in total. The third-order valence-electron chi connectivity index (χ3n) is 5.64. The van der Waals surface area contributed by atoms with E-state index in [4.69, 9.17) is 33.9 Å². The summed E-state index contributed by atoms with van der Waals surface area (Å²) in [5.74, 6) is -1.12. The summed E-state index contributed by atoms with van der Waals surface area (Å²) >= 11 is 10.5. The van der Waals surface area contributed by atoms with Gasteiger partial charge in [0.1, 0.15) is 5.76 Å². The molecule has 1 amide bonds. The molecule has 1 atom stereocenters. The minimum atomic E-state index is -1.28. The van der Waals surface area contributed by atoms with E-state index in [-0.39, 0.29) is 53.5 Å². The number of rotatable bonds is 8. The van der Waals surface area contributed by atoms with E-state index in [9.17, 15) is 14.7 Å². The number of anilines is 2. The van der Waals surface area contributed by atoms with Gasteiger partial charge in [-0.25, -0.2) is 0 Å². The number of carboxylic acid groups (broad SMARTS) is 1. The molecule has 0 spiro atoms. The van der Waals surface area contributed by atoms with Gasteiger partial charge in [0, 0.05) is 29.4 Å². The molecule has 0 aliphatic carbocycles. The van der Waals surface area contributed by atoms with Crippen molar-refractivity contribution in [2.75, 3.05) is 24.4 Å². The number of aliphatic carboxylic acids is 1. The van der Waals surface area contributed by atoms with Crippen LogP contribution >= 0.6 is 24.4 Å². The minimum absolute atomic E-state index is 0. The fraction of sp³-hybridized carbons (Fsp3) is 0.167. The Balaban J connectivity index is 0.00000380. The summed E-state index contributed by atoms with van der Waals surface area (Å²) in [6.45, 7) is 3.73. The summed E-state index contributed by atoms with van der Waals surface area (Å²) in [4.78, 5) is 26.4. The summed E-state index contributed by atoms with van der Waals surface area (Å²) in [7, 11) is 2.87. The first-order valence-electron chi connectivity index (χ1n) is 10.7. The number of fused-ring (bicyclic) bond motifs is 1. The molecule has 1 unspecified atom stereocenters. The van der Waals surface area contributed by atoms with Gasteiger partial charge < -0.3 is 29.6 Å². The third-order valence-corrected chi connectivity index (χ3v) is 6.21. The third kappa shape index (κ3) is 5.89. The van der Waals surface area contributed by atoms with Gasteiger partial charge >= 0.3 is 29.6 Å². The predicted molar refractivity (Wildman–Crippen MR) is 137 cm³/mol. The fourth-order valence-electron chi connectivity index (χ4n) is 3.95. The van der Waals surface area contributed by atoms with Crippen LogP contribution in [-0.2, 0) is 20.7 Å². The van der Waals surface area contributed by atoms with Crippen molar-refractivity contribution >= 4 is 47.7 Å². The smallest absolute Gasteiger partial charge is 0.548 e. The van der Waals surface area contributed by atoms with Crippen molar-refractivity contribution in [2.24, 2.45) is 0 Å². The number of carbonyl (C=O) groups excluding carboxylic acids is 2. The number of amides is 1. The summed E-state index contributed by atoms with van der Waals surface area (Å²) in [5, 5.41) is 20.3. The Morgan fingerprint density at radius 2 is 1.84 bits per heavy atom. The molecule has 3 aromatic rings. The molecule has 2 aromatic carbocycles. The molecule has 2 heterocycles. The molecule has 4 rings (SSSR count). The summed E-state index contributed by atoms with van der Waals surface area (Å²) in [5.41, 5.74) is 2.81. The number of carbonyl (C=O) groups is 2. The van der Waals surface area contributed by atoms with Gasteiger partial charge in [-0.05, 0) is 66.4 Å². The van der Waals surface area contributed by atoms with Crippen LogP contribution < -0.4 is 44.9 Å². The van der Waals surface area contributed by atoms with E-state index in [1.165, 1.54) is 25.2 Å². The molecule has 1 aromatic heterocycles. The molecule has 0 saturated carbocycles. The van der Waals surface area contributed by atoms with Crippen LogP contribution in [0.25, 0.3) is 5.69 Å². The average Bonchev–Trinajstić information content (AvgIpc) is 3.41. The van der Waals surface area contributed by atoms with Gasteiger partial charge in [-0.15, -0.1) is 0 Å². The number of benzene rings is 2. The van der Waals surface area contributed by atoms with Crippen molar-refractivity contribution in [1.82, 2.24) is 14.8 Å². The number of aromatic nitrogens is 3. The Bertz CT molecular complexity index is 1480. The molecule has 0 radical (unpaired) electrons. The predicted octanol–water partition coefficient (Wildman–Crippen LogP) is -0.0223. The number of carboxylic acids is 1. The van der Waals surface area contributed by atoms with Crippen molar-refractivity contribution in [2.45, 2.75) is 12.5 Å². The van der Waals surface area contributed by atoms with E-state index in [0.29, 0.717) is 37.7 Å². The second-order valence-corrected chi connectivity index (χ2v) is 8.58. The maximum Gasteiger partial charge on any atom is 1.00 e. The molecule has 186 valence electrons. The van der Waals surface area contributed by atoms with Crippen LogP contribution in [0.1, 0.15) is 15.9 Å². The van der Waals surface area contributed by atoms with Crippen molar-refractivity contribution in [3.63, 3.8) is 0 Å². The van der Waals surface area contributed by atoms with Gasteiger partial charge in [0.2, 0.25) is 0 Å². The number of nitrogens with zero attached hydrogens (tertiary/aromatic N) is 2. The van der Waals surface area contributed by atoms with Gasteiger partial charge in [-0.2, -0.15) is 0 Å². The standard InChI is InChI=1S/C24H23N5O5S2.Na/c1-13(33-2)9-20(34-3)29-18-8-7-14(10-15(18)11-19(29)22(31)32)21(30)25-16-5-4-6-17(12-16)28-23(35)26-27-24(28)36;/h4-10,12,19H,1,11H2,2-3H3,(H,25,30)(H,26,35)(H,27,36)(H,31,32);/q;+1/p-1/b20-9+;. The number of aromatic amines is 2. The number of ether oxygens (including phenoxy) is 2. The Morgan fingerprint density at radius 3 is 2.46 bits per heavy atom. The van der Waals surface area contributed by atoms with E-state index in [1.807, 2.05) is 6.07 Å². The fourth-order valence-corrected chi connectivity index (χ4v) is 4.50. The SMILES string of the molecule is C=C(/C=C(/OC)N1c2ccc(C(=O)Nc3cccc(-n4c(=S)[nH][nH]c4=S)c3)cc2CC1C(=O)[O-])OC.[Na+]. The van der Waals surface area contributed by atoms with Gasteiger partial charge in [0.25, 0.3) is 5.91 Å². The molecular weight excluding hydrogens is 525 g/mol. The number of hydrogen-bond donors (Lipinski definition) is 3. The first kappa shape index (κ1) is 28.4. The molecule has 0 saturated heterocycles. The van der Waals surface area contributed by atoms with Gasteiger partial charge in [-0.3, -0.25) is 19.6 Å². The monoisotopic (exact) mass is 547 g/mol. The van der Waals surface area contributed by atoms with Gasteiger partial charge in [0.05, 0.1) is 31.9 Å². The quantitative estimate of drug-likeness (QED) is 0.155. The number of H-pyrrole nitrogens is 2. The number of nitrogens with one attached hydrogen (secondary N) is 3. The van der Waals surface area contributed by atoms with Crippen LogP contribution in [0.4, 0.5) is 11.4 Å². The van der Waals surface area contributed by atoms with E-state index in [1.54, 1.807) is 41.0 Å². The largest absolute Gasteiger partial charge is 1.00 e. The van der Waals surface area contributed by atoms with Crippen LogP contribution in [0.5, 0.6) is 0 Å².